The lowest BCUT2D eigenvalue weighted by Crippen LogP contribution is -2.11. The van der Waals surface area contributed by atoms with Gasteiger partial charge in [-0.1, -0.05) is 30.3 Å². The van der Waals surface area contributed by atoms with Crippen molar-refractivity contribution in [1.29, 1.82) is 0 Å². The molecule has 3 aromatic rings. The van der Waals surface area contributed by atoms with Gasteiger partial charge in [0.05, 0.1) is 20.3 Å². The van der Waals surface area contributed by atoms with Gasteiger partial charge in [-0.2, -0.15) is 0 Å². The lowest BCUT2D eigenvalue weighted by molar-refractivity contribution is 0.355. The van der Waals surface area contributed by atoms with Crippen LogP contribution in [0, 0.1) is 0 Å². The first-order chi connectivity index (χ1) is 13.7. The first-order valence-corrected chi connectivity index (χ1v) is 9.12. The van der Waals surface area contributed by atoms with E-state index in [1.54, 1.807) is 20.5 Å². The summed E-state index contributed by atoms with van der Waals surface area (Å²) in [6.07, 6.45) is 1.55. The van der Waals surface area contributed by atoms with Crippen molar-refractivity contribution in [3.63, 3.8) is 0 Å². The average molecular weight is 377 g/mol. The molecule has 1 aromatic heterocycles. The summed E-state index contributed by atoms with van der Waals surface area (Å²) in [5.74, 6) is 2.82. The molecule has 0 unspecified atom stereocenters. The smallest absolute Gasteiger partial charge is 0.162 e. The van der Waals surface area contributed by atoms with E-state index in [0.717, 1.165) is 22.8 Å². The number of anilines is 4. The second-order valence-electron chi connectivity index (χ2n) is 6.57. The van der Waals surface area contributed by atoms with Crippen molar-refractivity contribution in [2.24, 2.45) is 0 Å². The van der Waals surface area contributed by atoms with Crippen molar-refractivity contribution in [3.8, 4) is 11.5 Å². The van der Waals surface area contributed by atoms with Crippen molar-refractivity contribution >= 4 is 23.0 Å². The standard InChI is InChI=1S/C21H23N5O2/c1-13(14-7-5-4-6-8-14)25-20-19-21(24-12-23-20)26-16-10-18(28-3)17(27-2)9-15(16)11-22-19/h4-10,12-13,22H,11H2,1-3H3,(H2,23,24,25,26)/t13-/m1/s1. The second kappa shape index (κ2) is 7.64. The highest BCUT2D eigenvalue weighted by atomic mass is 16.5. The third-order valence-corrected chi connectivity index (χ3v) is 4.82. The van der Waals surface area contributed by atoms with Crippen molar-refractivity contribution in [2.75, 3.05) is 30.2 Å². The summed E-state index contributed by atoms with van der Waals surface area (Å²) in [5, 5.41) is 10.3. The molecule has 7 heteroatoms. The Morgan fingerprint density at radius 3 is 2.54 bits per heavy atom. The molecule has 2 aromatic carbocycles. The Bertz CT molecular complexity index is 978. The van der Waals surface area contributed by atoms with Gasteiger partial charge in [0.1, 0.15) is 12.0 Å². The summed E-state index contributed by atoms with van der Waals surface area (Å²) >= 11 is 0. The van der Waals surface area contributed by atoms with E-state index in [4.69, 9.17) is 9.47 Å². The summed E-state index contributed by atoms with van der Waals surface area (Å²) in [6, 6.07) is 14.3. The van der Waals surface area contributed by atoms with Gasteiger partial charge in [0.2, 0.25) is 0 Å². The number of rotatable bonds is 5. The fraction of sp³-hybridized carbons (Fsp3) is 0.238. The van der Waals surface area contributed by atoms with Crippen molar-refractivity contribution in [3.05, 3.63) is 59.9 Å². The molecule has 0 amide bonds. The fourth-order valence-electron chi connectivity index (χ4n) is 3.28. The maximum absolute atomic E-state index is 5.43. The van der Waals surface area contributed by atoms with E-state index in [2.05, 4.69) is 45.0 Å². The van der Waals surface area contributed by atoms with Crippen LogP contribution in [0.2, 0.25) is 0 Å². The molecule has 0 saturated heterocycles. The molecule has 0 fully saturated rings. The van der Waals surface area contributed by atoms with E-state index in [-0.39, 0.29) is 6.04 Å². The number of methoxy groups -OCH3 is 2. The Labute approximate surface area is 164 Å². The molecule has 4 rings (SSSR count). The highest BCUT2D eigenvalue weighted by Crippen LogP contribution is 2.40. The Hall–Kier alpha value is -3.48. The molecule has 0 aliphatic carbocycles. The quantitative estimate of drug-likeness (QED) is 0.610. The van der Waals surface area contributed by atoms with E-state index < -0.39 is 0 Å². The zero-order chi connectivity index (χ0) is 19.5. The SMILES string of the molecule is COc1cc2c(cc1OC)Nc1ncnc(N[C@H](C)c3ccccc3)c1NC2. The minimum Gasteiger partial charge on any atom is -0.493 e. The Balaban J connectivity index is 1.65. The molecule has 7 nitrogen and oxygen atoms in total. The van der Waals surface area contributed by atoms with E-state index >= 15 is 0 Å². The zero-order valence-corrected chi connectivity index (χ0v) is 16.1. The summed E-state index contributed by atoms with van der Waals surface area (Å²) < 4.78 is 10.9. The zero-order valence-electron chi connectivity index (χ0n) is 16.1. The third kappa shape index (κ3) is 3.38. The monoisotopic (exact) mass is 377 g/mol. The van der Waals surface area contributed by atoms with Gasteiger partial charge in [-0.15, -0.1) is 0 Å². The average Bonchev–Trinajstić information content (AvgIpc) is 2.92. The number of hydrogen-bond acceptors (Lipinski definition) is 7. The number of nitrogens with one attached hydrogen (secondary N) is 3. The van der Waals surface area contributed by atoms with E-state index in [1.165, 1.54) is 5.56 Å². The molecule has 144 valence electrons. The van der Waals surface area contributed by atoms with Gasteiger partial charge in [-0.3, -0.25) is 0 Å². The van der Waals surface area contributed by atoms with Gasteiger partial charge in [0.25, 0.3) is 0 Å². The lowest BCUT2D eigenvalue weighted by Gasteiger charge is -2.18. The topological polar surface area (TPSA) is 80.3 Å². The predicted octanol–water partition coefficient (Wildman–Crippen LogP) is 4.34. The number of aromatic nitrogens is 2. The van der Waals surface area contributed by atoms with Crippen LogP contribution < -0.4 is 25.4 Å². The summed E-state index contributed by atoms with van der Waals surface area (Å²) in [6.45, 7) is 2.72. The molecule has 2 heterocycles. The van der Waals surface area contributed by atoms with Gasteiger partial charge in [0.15, 0.2) is 23.1 Å². The van der Waals surface area contributed by atoms with Gasteiger partial charge in [-0.25, -0.2) is 9.97 Å². The first-order valence-electron chi connectivity index (χ1n) is 9.12. The molecule has 0 spiro atoms. The number of ether oxygens (including phenoxy) is 2. The summed E-state index contributed by atoms with van der Waals surface area (Å²) in [4.78, 5) is 8.88. The van der Waals surface area contributed by atoms with E-state index in [0.29, 0.717) is 23.9 Å². The van der Waals surface area contributed by atoms with Crippen LogP contribution in [0.25, 0.3) is 0 Å². The lowest BCUT2D eigenvalue weighted by atomic mass is 10.1. The van der Waals surface area contributed by atoms with Crippen LogP contribution in [-0.4, -0.2) is 24.2 Å². The second-order valence-corrected chi connectivity index (χ2v) is 6.57. The first kappa shape index (κ1) is 17.9. The number of fused-ring (bicyclic) bond motifs is 2. The van der Waals surface area contributed by atoms with Crippen molar-refractivity contribution < 1.29 is 9.47 Å². The van der Waals surface area contributed by atoms with Crippen molar-refractivity contribution in [1.82, 2.24) is 9.97 Å². The minimum atomic E-state index is 0.104. The normalized spacial score (nSPS) is 13.1. The molecule has 1 atom stereocenters. The molecular formula is C21H23N5O2. The predicted molar refractivity (Wildman–Crippen MR) is 111 cm³/mol. The van der Waals surface area contributed by atoms with Gasteiger partial charge < -0.3 is 25.4 Å². The van der Waals surface area contributed by atoms with Crippen LogP contribution >= 0.6 is 0 Å². The molecular weight excluding hydrogens is 354 g/mol. The maximum atomic E-state index is 5.43. The number of nitrogens with zero attached hydrogens (tertiary/aromatic N) is 2. The van der Waals surface area contributed by atoms with Crippen LogP contribution in [0.1, 0.15) is 24.1 Å². The van der Waals surface area contributed by atoms with Crippen LogP contribution in [0.3, 0.4) is 0 Å². The molecule has 1 aliphatic heterocycles. The van der Waals surface area contributed by atoms with Gasteiger partial charge >= 0.3 is 0 Å². The number of benzene rings is 2. The highest BCUT2D eigenvalue weighted by Gasteiger charge is 2.20. The van der Waals surface area contributed by atoms with Crippen LogP contribution in [0.5, 0.6) is 11.5 Å². The Kier molecular flexibility index (Phi) is 4.89. The minimum absolute atomic E-state index is 0.104. The van der Waals surface area contributed by atoms with Crippen LogP contribution in [0.4, 0.5) is 23.0 Å². The summed E-state index contributed by atoms with van der Waals surface area (Å²) in [7, 11) is 3.26. The molecule has 0 radical (unpaired) electrons. The molecule has 0 bridgehead atoms. The van der Waals surface area contributed by atoms with Crippen LogP contribution in [0.15, 0.2) is 48.8 Å². The van der Waals surface area contributed by atoms with Crippen molar-refractivity contribution in [2.45, 2.75) is 19.5 Å². The highest BCUT2D eigenvalue weighted by molar-refractivity contribution is 5.83. The summed E-state index contributed by atoms with van der Waals surface area (Å²) in [5.41, 5.74) is 4.00. The molecule has 3 N–H and O–H groups in total. The molecule has 28 heavy (non-hydrogen) atoms. The molecule has 0 saturated carbocycles. The van der Waals surface area contributed by atoms with Gasteiger partial charge in [-0.05, 0) is 24.1 Å². The third-order valence-electron chi connectivity index (χ3n) is 4.82. The van der Waals surface area contributed by atoms with E-state index in [9.17, 15) is 0 Å². The maximum Gasteiger partial charge on any atom is 0.162 e. The largest absolute Gasteiger partial charge is 0.493 e. The van der Waals surface area contributed by atoms with Gasteiger partial charge in [0, 0.05) is 18.3 Å². The van der Waals surface area contributed by atoms with Crippen LogP contribution in [-0.2, 0) is 6.54 Å². The number of hydrogen-bond donors (Lipinski definition) is 3. The Morgan fingerprint density at radius 1 is 1.04 bits per heavy atom. The molecule has 1 aliphatic rings. The Morgan fingerprint density at radius 2 is 1.79 bits per heavy atom. The fourth-order valence-corrected chi connectivity index (χ4v) is 3.28. The van der Waals surface area contributed by atoms with E-state index in [1.807, 2.05) is 30.3 Å².